The number of rotatable bonds is 5. The molecule has 0 unspecified atom stereocenters. The van der Waals surface area contributed by atoms with Gasteiger partial charge in [0.2, 0.25) is 11.8 Å². The van der Waals surface area contributed by atoms with E-state index in [4.69, 9.17) is 9.47 Å². The summed E-state index contributed by atoms with van der Waals surface area (Å²) in [7, 11) is 0. The van der Waals surface area contributed by atoms with Crippen molar-refractivity contribution >= 4 is 23.8 Å². The fraction of sp³-hybridized carbons (Fsp3) is 0.308. The first-order valence-electron chi connectivity index (χ1n) is 11.1. The second-order valence-electron chi connectivity index (χ2n) is 9.09. The van der Waals surface area contributed by atoms with Gasteiger partial charge in [-0.1, -0.05) is 42.5 Å². The molecule has 5 aliphatic rings. The number of ether oxygens (including phenoxy) is 2. The molecule has 0 aromatic heterocycles. The molecule has 0 N–H and O–H groups in total. The van der Waals surface area contributed by atoms with Crippen LogP contribution in [0.3, 0.4) is 0 Å². The lowest BCUT2D eigenvalue weighted by molar-refractivity contribution is -0.148. The summed E-state index contributed by atoms with van der Waals surface area (Å²) < 4.78 is 10.8. The zero-order valence-corrected chi connectivity index (χ0v) is 17.6. The third-order valence-corrected chi connectivity index (χ3v) is 7.33. The smallest absolute Gasteiger partial charge is 0.347 e. The maximum Gasteiger partial charge on any atom is 0.347 e. The van der Waals surface area contributed by atoms with Crippen molar-refractivity contribution in [2.75, 3.05) is 6.54 Å². The van der Waals surface area contributed by atoms with Gasteiger partial charge in [-0.3, -0.25) is 14.5 Å². The molecule has 1 aliphatic heterocycles. The Bertz CT molecular complexity index is 1170. The number of nitrogens with zero attached hydrogens (tertiary/aromatic N) is 1. The van der Waals surface area contributed by atoms with Gasteiger partial charge >= 0.3 is 11.9 Å². The molecular weight excluding hydrogens is 422 g/mol. The maximum atomic E-state index is 13.1. The molecule has 1 saturated heterocycles. The number of benzene rings is 2. The molecule has 0 radical (unpaired) electrons. The van der Waals surface area contributed by atoms with Crippen LogP contribution in [0.5, 0.6) is 11.5 Å². The van der Waals surface area contributed by atoms with Crippen LogP contribution in [0.4, 0.5) is 0 Å². The van der Waals surface area contributed by atoms with Gasteiger partial charge in [-0.25, -0.2) is 9.59 Å². The number of likely N-dealkylation sites (tertiary alicyclic amines) is 1. The van der Waals surface area contributed by atoms with Gasteiger partial charge in [-0.15, -0.1) is 0 Å². The van der Waals surface area contributed by atoms with Gasteiger partial charge in [0, 0.05) is 0 Å². The van der Waals surface area contributed by atoms with Crippen LogP contribution in [-0.4, -0.2) is 35.2 Å². The Morgan fingerprint density at radius 2 is 1.42 bits per heavy atom. The highest BCUT2D eigenvalue weighted by Gasteiger charge is 2.67. The molecule has 7 heteroatoms. The first-order valence-corrected chi connectivity index (χ1v) is 11.1. The van der Waals surface area contributed by atoms with Crippen molar-refractivity contribution in [1.82, 2.24) is 4.90 Å². The minimum atomic E-state index is -0.777. The largest absolute Gasteiger partial charge is 0.424 e. The lowest BCUT2D eigenvalue weighted by Crippen LogP contribution is -2.40. The minimum absolute atomic E-state index is 0.0166. The highest BCUT2D eigenvalue weighted by Crippen LogP contribution is 2.65. The molecule has 2 saturated carbocycles. The topological polar surface area (TPSA) is 90.0 Å². The molecule has 166 valence electrons. The number of hydrogen-bond acceptors (Lipinski definition) is 6. The van der Waals surface area contributed by atoms with E-state index < -0.39 is 18.5 Å². The molecule has 1 heterocycles. The van der Waals surface area contributed by atoms with Crippen LogP contribution >= 0.6 is 0 Å². The predicted octanol–water partition coefficient (Wildman–Crippen LogP) is 2.86. The summed E-state index contributed by atoms with van der Waals surface area (Å²) in [6.45, 7) is -0.471. The van der Waals surface area contributed by atoms with E-state index in [1.807, 2.05) is 0 Å². The average molecular weight is 443 g/mol. The average Bonchev–Trinajstić information content (AvgIpc) is 3.61. The summed E-state index contributed by atoms with van der Waals surface area (Å²) in [5, 5.41) is 0. The third kappa shape index (κ3) is 3.18. The van der Waals surface area contributed by atoms with Crippen LogP contribution < -0.4 is 9.47 Å². The molecular formula is C26H21NO6. The van der Waals surface area contributed by atoms with Crippen molar-refractivity contribution in [2.45, 2.75) is 6.42 Å². The molecule has 7 rings (SSSR count). The quantitative estimate of drug-likeness (QED) is 0.306. The Hall–Kier alpha value is -3.74. The van der Waals surface area contributed by atoms with Gasteiger partial charge in [0.15, 0.2) is 0 Å². The second kappa shape index (κ2) is 7.40. The number of carbonyl (C=O) groups excluding carboxylic acids is 4. The van der Waals surface area contributed by atoms with E-state index in [1.165, 1.54) is 12.1 Å². The van der Waals surface area contributed by atoms with Crippen molar-refractivity contribution in [3.05, 3.63) is 72.3 Å². The van der Waals surface area contributed by atoms with E-state index >= 15 is 0 Å². The molecule has 2 aromatic carbocycles. The lowest BCUT2D eigenvalue weighted by atomic mass is 9.63. The van der Waals surface area contributed by atoms with E-state index in [-0.39, 0.29) is 46.8 Å². The fourth-order valence-electron chi connectivity index (χ4n) is 5.83. The van der Waals surface area contributed by atoms with Crippen LogP contribution in [0.1, 0.15) is 16.8 Å². The molecule has 7 nitrogen and oxygen atoms in total. The van der Waals surface area contributed by atoms with E-state index in [0.717, 1.165) is 11.3 Å². The Labute approximate surface area is 190 Å². The van der Waals surface area contributed by atoms with Crippen LogP contribution in [0.2, 0.25) is 0 Å². The Morgan fingerprint density at radius 1 is 0.818 bits per heavy atom. The second-order valence-corrected chi connectivity index (χ2v) is 9.09. The first kappa shape index (κ1) is 19.9. The summed E-state index contributed by atoms with van der Waals surface area (Å²) in [5.74, 6) is -1.21. The number of allylic oxidation sites excluding steroid dienone is 2. The lowest BCUT2D eigenvalue weighted by Gasteiger charge is -2.37. The molecule has 4 aliphatic carbocycles. The Kier molecular flexibility index (Phi) is 4.47. The molecule has 2 aromatic rings. The van der Waals surface area contributed by atoms with E-state index in [2.05, 4.69) is 12.2 Å². The summed E-state index contributed by atoms with van der Waals surface area (Å²) in [6, 6.07) is 14.8. The maximum absolute atomic E-state index is 13.1. The standard InChI is InChI=1S/C26H21NO6/c28-21(33-20-9-5-4-8-17(20)26(31)32-14-6-2-1-3-7-14)13-27-24(29)22-15-10-11-16(19-12-18(15)19)23(22)25(27)30/h1-11,15-16,18-19,22-23H,12-13H2/t15-,16-,18-,19+,22-,23-/m1/s1. The van der Waals surface area contributed by atoms with Crippen LogP contribution in [0.15, 0.2) is 66.7 Å². The van der Waals surface area contributed by atoms with Crippen LogP contribution in [0.25, 0.3) is 0 Å². The number of amides is 2. The van der Waals surface area contributed by atoms with Crippen molar-refractivity contribution < 1.29 is 28.7 Å². The summed E-state index contributed by atoms with van der Waals surface area (Å²) in [5.41, 5.74) is 0.0739. The van der Waals surface area contributed by atoms with Crippen molar-refractivity contribution in [2.24, 2.45) is 35.5 Å². The van der Waals surface area contributed by atoms with Crippen molar-refractivity contribution in [3.63, 3.8) is 0 Å². The molecule has 3 fully saturated rings. The van der Waals surface area contributed by atoms with Gasteiger partial charge in [-0.2, -0.15) is 0 Å². The number of imide groups is 1. The van der Waals surface area contributed by atoms with Gasteiger partial charge in [-0.05, 0) is 54.4 Å². The normalized spacial score (nSPS) is 30.6. The number of esters is 2. The molecule has 2 amide bonds. The minimum Gasteiger partial charge on any atom is -0.424 e. The van der Waals surface area contributed by atoms with E-state index in [1.54, 1.807) is 42.5 Å². The monoisotopic (exact) mass is 443 g/mol. The highest BCUT2D eigenvalue weighted by atomic mass is 16.6. The van der Waals surface area contributed by atoms with Gasteiger partial charge in [0.25, 0.3) is 0 Å². The Morgan fingerprint density at radius 3 is 2.09 bits per heavy atom. The molecule has 33 heavy (non-hydrogen) atoms. The third-order valence-electron chi connectivity index (χ3n) is 7.33. The van der Waals surface area contributed by atoms with E-state index in [0.29, 0.717) is 17.6 Å². The van der Waals surface area contributed by atoms with Gasteiger partial charge < -0.3 is 9.47 Å². The van der Waals surface area contributed by atoms with Crippen LogP contribution in [-0.2, 0) is 14.4 Å². The van der Waals surface area contributed by atoms with E-state index in [9.17, 15) is 19.2 Å². The summed E-state index contributed by atoms with van der Waals surface area (Å²) >= 11 is 0. The number of para-hydroxylation sites is 2. The molecule has 0 spiro atoms. The zero-order chi connectivity index (χ0) is 22.7. The summed E-state index contributed by atoms with van der Waals surface area (Å²) in [4.78, 5) is 52.5. The molecule has 2 bridgehead atoms. The zero-order valence-electron chi connectivity index (χ0n) is 17.6. The van der Waals surface area contributed by atoms with Gasteiger partial charge in [0.05, 0.1) is 11.8 Å². The number of carbonyl (C=O) groups is 4. The van der Waals surface area contributed by atoms with Crippen molar-refractivity contribution in [1.29, 1.82) is 0 Å². The first-order chi connectivity index (χ1) is 16.0. The predicted molar refractivity (Wildman–Crippen MR) is 115 cm³/mol. The summed E-state index contributed by atoms with van der Waals surface area (Å²) in [6.07, 6.45) is 5.25. The fourth-order valence-corrected chi connectivity index (χ4v) is 5.83. The van der Waals surface area contributed by atoms with Crippen molar-refractivity contribution in [3.8, 4) is 11.5 Å². The Balaban J connectivity index is 1.16. The number of hydrogen-bond donors (Lipinski definition) is 0. The SMILES string of the molecule is O=C(CN1C(=O)[C@@H]2[C@@H]3C=C[C@H]([C@@H]4C[C@H]34)[C@H]2C1=O)Oc1ccccc1C(=O)Oc1ccccc1. The van der Waals surface area contributed by atoms with Crippen LogP contribution in [0, 0.1) is 35.5 Å². The van der Waals surface area contributed by atoms with Gasteiger partial charge in [0.1, 0.15) is 23.6 Å². The highest BCUT2D eigenvalue weighted by molar-refractivity contribution is 6.08. The molecule has 6 atom stereocenters.